The van der Waals surface area contributed by atoms with E-state index < -0.39 is 0 Å². The van der Waals surface area contributed by atoms with E-state index in [2.05, 4.69) is 10.1 Å². The largest absolute Gasteiger partial charge is 0.469 e. The number of rotatable bonds is 5. The van der Waals surface area contributed by atoms with Crippen molar-refractivity contribution in [1.29, 1.82) is 0 Å². The fourth-order valence-electron chi connectivity index (χ4n) is 0.626. The second-order valence-electron chi connectivity index (χ2n) is 2.21. The lowest BCUT2D eigenvalue weighted by Crippen LogP contribution is -2.27. The van der Waals surface area contributed by atoms with Gasteiger partial charge in [-0.15, -0.1) is 0 Å². The number of carbonyl (C=O) groups is 2. The molecule has 0 bridgehead atoms. The van der Waals surface area contributed by atoms with E-state index in [1.807, 2.05) is 0 Å². The molecule has 0 aromatic carbocycles. The van der Waals surface area contributed by atoms with Gasteiger partial charge in [0.1, 0.15) is 0 Å². The molecule has 0 unspecified atom stereocenters. The molecule has 0 aromatic heterocycles. The molecule has 0 heterocycles. The highest BCUT2D eigenvalue weighted by Crippen LogP contribution is 1.82. The van der Waals surface area contributed by atoms with E-state index in [1.165, 1.54) is 7.11 Å². The van der Waals surface area contributed by atoms with Crippen molar-refractivity contribution in [2.75, 3.05) is 20.2 Å². The number of esters is 1. The predicted octanol–water partition coefficient (Wildman–Crippen LogP) is -0.985. The summed E-state index contributed by atoms with van der Waals surface area (Å²) in [6, 6.07) is 0. The first-order chi connectivity index (χ1) is 5.70. The van der Waals surface area contributed by atoms with Crippen molar-refractivity contribution >= 4 is 11.9 Å². The summed E-state index contributed by atoms with van der Waals surface area (Å²) in [7, 11) is 1.31. The first-order valence-electron chi connectivity index (χ1n) is 3.74. The lowest BCUT2D eigenvalue weighted by Gasteiger charge is -2.02. The number of hydrogen-bond donors (Lipinski definition) is 2. The molecule has 12 heavy (non-hydrogen) atoms. The first-order valence-corrected chi connectivity index (χ1v) is 3.74. The Morgan fingerprint density at radius 3 is 2.58 bits per heavy atom. The molecule has 70 valence electrons. The highest BCUT2D eigenvalue weighted by atomic mass is 16.5. The van der Waals surface area contributed by atoms with Crippen molar-refractivity contribution in [3.63, 3.8) is 0 Å². The summed E-state index contributed by atoms with van der Waals surface area (Å²) in [5, 5.41) is 2.53. The topological polar surface area (TPSA) is 81.4 Å². The summed E-state index contributed by atoms with van der Waals surface area (Å²) in [4.78, 5) is 21.3. The Balaban J connectivity index is 3.30. The Kier molecular flexibility index (Phi) is 6.00. The van der Waals surface area contributed by atoms with E-state index in [4.69, 9.17) is 5.73 Å². The minimum Gasteiger partial charge on any atom is -0.469 e. The molecule has 1 amide bonds. The zero-order chi connectivity index (χ0) is 9.40. The number of nitrogens with one attached hydrogen (secondary N) is 1. The van der Waals surface area contributed by atoms with Gasteiger partial charge in [-0.3, -0.25) is 9.59 Å². The summed E-state index contributed by atoms with van der Waals surface area (Å²) >= 11 is 0. The minimum atomic E-state index is -0.331. The van der Waals surface area contributed by atoms with Crippen LogP contribution in [-0.2, 0) is 14.3 Å². The Hall–Kier alpha value is -1.10. The van der Waals surface area contributed by atoms with Gasteiger partial charge in [0, 0.05) is 19.5 Å². The van der Waals surface area contributed by atoms with Gasteiger partial charge >= 0.3 is 5.97 Å². The van der Waals surface area contributed by atoms with Crippen molar-refractivity contribution in [3.05, 3.63) is 0 Å². The van der Waals surface area contributed by atoms with E-state index in [0.717, 1.165) is 0 Å². The highest BCUT2D eigenvalue weighted by molar-refractivity contribution is 5.77. The maximum atomic E-state index is 10.8. The van der Waals surface area contributed by atoms with Gasteiger partial charge in [0.2, 0.25) is 5.91 Å². The summed E-state index contributed by atoms with van der Waals surface area (Å²) in [5.74, 6) is -0.468. The Bertz CT molecular complexity index is 159. The fourth-order valence-corrected chi connectivity index (χ4v) is 0.626. The Morgan fingerprint density at radius 2 is 2.08 bits per heavy atom. The van der Waals surface area contributed by atoms with Crippen LogP contribution in [0.1, 0.15) is 12.8 Å². The monoisotopic (exact) mass is 174 g/mol. The summed E-state index contributed by atoms with van der Waals surface area (Å²) in [6.07, 6.45) is 0.494. The zero-order valence-electron chi connectivity index (χ0n) is 7.13. The van der Waals surface area contributed by atoms with E-state index in [-0.39, 0.29) is 18.3 Å². The van der Waals surface area contributed by atoms with Crippen molar-refractivity contribution < 1.29 is 14.3 Å². The SMILES string of the molecule is COC(=O)CCNC(=O)CCN. The maximum Gasteiger partial charge on any atom is 0.307 e. The van der Waals surface area contributed by atoms with E-state index >= 15 is 0 Å². The van der Waals surface area contributed by atoms with E-state index in [1.54, 1.807) is 0 Å². The first kappa shape index (κ1) is 10.9. The van der Waals surface area contributed by atoms with Gasteiger partial charge in [-0.1, -0.05) is 0 Å². The zero-order valence-corrected chi connectivity index (χ0v) is 7.13. The van der Waals surface area contributed by atoms with Crippen molar-refractivity contribution in [2.45, 2.75) is 12.8 Å². The molecule has 0 spiro atoms. The van der Waals surface area contributed by atoms with E-state index in [9.17, 15) is 9.59 Å². The molecule has 0 aliphatic heterocycles. The van der Waals surface area contributed by atoms with Gasteiger partial charge in [-0.05, 0) is 0 Å². The fraction of sp³-hybridized carbons (Fsp3) is 0.714. The van der Waals surface area contributed by atoms with E-state index in [0.29, 0.717) is 19.5 Å². The Labute approximate surface area is 71.3 Å². The average molecular weight is 174 g/mol. The molecular weight excluding hydrogens is 160 g/mol. The summed E-state index contributed by atoms with van der Waals surface area (Å²) in [5.41, 5.74) is 5.13. The number of ether oxygens (including phenoxy) is 1. The quantitative estimate of drug-likeness (QED) is 0.524. The molecule has 0 saturated carbocycles. The van der Waals surface area contributed by atoms with Crippen LogP contribution < -0.4 is 11.1 Å². The number of amides is 1. The van der Waals surface area contributed by atoms with Gasteiger partial charge in [-0.2, -0.15) is 0 Å². The van der Waals surface area contributed by atoms with Gasteiger partial charge in [0.15, 0.2) is 0 Å². The molecule has 0 rings (SSSR count). The second-order valence-corrected chi connectivity index (χ2v) is 2.21. The van der Waals surface area contributed by atoms with Crippen LogP contribution in [0.25, 0.3) is 0 Å². The molecular formula is C7H14N2O3. The van der Waals surface area contributed by atoms with Crippen molar-refractivity contribution in [1.82, 2.24) is 5.32 Å². The van der Waals surface area contributed by atoms with Crippen LogP contribution in [0.15, 0.2) is 0 Å². The molecule has 0 saturated heterocycles. The number of hydrogen-bond acceptors (Lipinski definition) is 4. The molecule has 0 aromatic rings. The van der Waals surface area contributed by atoms with Crippen LogP contribution in [-0.4, -0.2) is 32.1 Å². The average Bonchev–Trinajstić information content (AvgIpc) is 2.04. The van der Waals surface area contributed by atoms with Gasteiger partial charge < -0.3 is 15.8 Å². The van der Waals surface area contributed by atoms with Gasteiger partial charge in [0.05, 0.1) is 13.5 Å². The van der Waals surface area contributed by atoms with Gasteiger partial charge in [-0.25, -0.2) is 0 Å². The van der Waals surface area contributed by atoms with Crippen LogP contribution in [0.3, 0.4) is 0 Å². The third-order valence-corrected chi connectivity index (χ3v) is 1.25. The number of methoxy groups -OCH3 is 1. The smallest absolute Gasteiger partial charge is 0.307 e. The van der Waals surface area contributed by atoms with Crippen LogP contribution >= 0.6 is 0 Å². The Morgan fingerprint density at radius 1 is 1.42 bits per heavy atom. The lowest BCUT2D eigenvalue weighted by molar-refractivity contribution is -0.140. The number of carbonyl (C=O) groups excluding carboxylic acids is 2. The molecule has 0 atom stereocenters. The minimum absolute atomic E-state index is 0.138. The molecule has 5 heteroatoms. The summed E-state index contributed by atoms with van der Waals surface area (Å²) in [6.45, 7) is 0.634. The number of nitrogens with two attached hydrogens (primary N) is 1. The third-order valence-electron chi connectivity index (χ3n) is 1.25. The predicted molar refractivity (Wildman–Crippen MR) is 43.3 cm³/mol. The van der Waals surface area contributed by atoms with Gasteiger partial charge in [0.25, 0.3) is 0 Å². The molecule has 0 aliphatic rings. The summed E-state index contributed by atoms with van der Waals surface area (Å²) < 4.78 is 4.38. The lowest BCUT2D eigenvalue weighted by atomic mass is 10.4. The maximum absolute atomic E-state index is 10.8. The second kappa shape index (κ2) is 6.60. The van der Waals surface area contributed by atoms with Crippen LogP contribution in [0.5, 0.6) is 0 Å². The van der Waals surface area contributed by atoms with Crippen molar-refractivity contribution in [3.8, 4) is 0 Å². The molecule has 0 fully saturated rings. The van der Waals surface area contributed by atoms with Crippen LogP contribution in [0.2, 0.25) is 0 Å². The van der Waals surface area contributed by atoms with Crippen LogP contribution in [0, 0.1) is 0 Å². The normalized spacial score (nSPS) is 9.17. The highest BCUT2D eigenvalue weighted by Gasteiger charge is 2.01. The van der Waals surface area contributed by atoms with Crippen LogP contribution in [0.4, 0.5) is 0 Å². The molecule has 3 N–H and O–H groups in total. The van der Waals surface area contributed by atoms with Crippen molar-refractivity contribution in [2.24, 2.45) is 5.73 Å². The molecule has 0 radical (unpaired) electrons. The standard InChI is InChI=1S/C7H14N2O3/c1-12-7(11)3-5-9-6(10)2-4-8/h2-5,8H2,1H3,(H,9,10). The third kappa shape index (κ3) is 5.67. The molecule has 5 nitrogen and oxygen atoms in total. The molecule has 0 aliphatic carbocycles.